The number of hydrogen-bond donors (Lipinski definition) is 0. The molecule has 0 aromatic carbocycles. The number of nitroso groups, excluding NO2 is 1. The van der Waals surface area contributed by atoms with Crippen LogP contribution in [-0.4, -0.2) is 19.1 Å². The van der Waals surface area contributed by atoms with Crippen molar-refractivity contribution in [3.8, 4) is 0 Å². The van der Waals surface area contributed by atoms with Gasteiger partial charge in [-0.25, -0.2) is 0 Å². The van der Waals surface area contributed by atoms with E-state index in [2.05, 4.69) is 5.18 Å². The molecule has 1 amide bonds. The van der Waals surface area contributed by atoms with Gasteiger partial charge in [-0.05, 0) is 19.8 Å². The molecule has 13 heavy (non-hydrogen) atoms. The third-order valence-corrected chi connectivity index (χ3v) is 1.74. The molecule has 0 atom stereocenters. The molecule has 0 bridgehead atoms. The van der Waals surface area contributed by atoms with Crippen LogP contribution in [0.25, 0.3) is 0 Å². The van der Waals surface area contributed by atoms with Gasteiger partial charge >= 0.3 is 0 Å². The lowest BCUT2D eigenvalue weighted by molar-refractivity contribution is -0.118. The van der Waals surface area contributed by atoms with E-state index in [4.69, 9.17) is 4.74 Å². The van der Waals surface area contributed by atoms with Gasteiger partial charge in [0.2, 0.25) is 0 Å². The Morgan fingerprint density at radius 1 is 1.23 bits per heavy atom. The maximum absolute atomic E-state index is 10.4. The highest BCUT2D eigenvalue weighted by Crippen LogP contribution is 2.03. The van der Waals surface area contributed by atoms with Gasteiger partial charge in [-0.1, -0.05) is 12.8 Å². The van der Waals surface area contributed by atoms with Crippen molar-refractivity contribution in [1.29, 1.82) is 0 Å². The summed E-state index contributed by atoms with van der Waals surface area (Å²) in [6, 6.07) is 0. The number of nitrogens with zero attached hydrogens (tertiary/aromatic N) is 1. The highest BCUT2D eigenvalue weighted by atomic mass is 16.5. The summed E-state index contributed by atoms with van der Waals surface area (Å²) in [6.07, 6.45) is 4.09. The third-order valence-electron chi connectivity index (χ3n) is 1.74. The van der Waals surface area contributed by atoms with Crippen LogP contribution in [0.15, 0.2) is 5.18 Å². The molecule has 0 aromatic rings. The normalized spacial score (nSPS) is 9.92. The fraction of sp³-hybridized carbons (Fsp3) is 0.889. The zero-order valence-electron chi connectivity index (χ0n) is 8.12. The monoisotopic (exact) mass is 187 g/mol. The lowest BCUT2D eigenvalue weighted by atomic mass is 10.1. The molecule has 0 heterocycles. The standard InChI is InChI=1S/C9H17NO3/c1-2-13-8-6-4-3-5-7-9(11)10-12/h2-8H2,1H3. The van der Waals surface area contributed by atoms with Crippen molar-refractivity contribution < 1.29 is 9.53 Å². The van der Waals surface area contributed by atoms with Crippen LogP contribution in [0.3, 0.4) is 0 Å². The molecule has 0 aliphatic rings. The van der Waals surface area contributed by atoms with Gasteiger partial charge in [0.25, 0.3) is 5.91 Å². The van der Waals surface area contributed by atoms with Crippen LogP contribution in [0.5, 0.6) is 0 Å². The number of carbonyl (C=O) groups excluding carboxylic acids is 1. The largest absolute Gasteiger partial charge is 0.382 e. The Labute approximate surface area is 78.6 Å². The number of ether oxygens (including phenoxy) is 1. The molecule has 4 heteroatoms. The van der Waals surface area contributed by atoms with E-state index in [9.17, 15) is 9.70 Å². The van der Waals surface area contributed by atoms with Crippen LogP contribution < -0.4 is 0 Å². The average molecular weight is 187 g/mol. The Hall–Kier alpha value is -0.770. The van der Waals surface area contributed by atoms with Gasteiger partial charge in [-0.2, -0.15) is 0 Å². The van der Waals surface area contributed by atoms with Gasteiger partial charge in [-0.3, -0.25) is 4.79 Å². The molecule has 4 nitrogen and oxygen atoms in total. The third kappa shape index (κ3) is 9.14. The van der Waals surface area contributed by atoms with Gasteiger partial charge in [0.1, 0.15) is 0 Å². The molecule has 0 radical (unpaired) electrons. The average Bonchev–Trinajstić information content (AvgIpc) is 2.16. The highest BCUT2D eigenvalue weighted by Gasteiger charge is 1.99. The Kier molecular flexibility index (Phi) is 8.77. The predicted molar refractivity (Wildman–Crippen MR) is 50.4 cm³/mol. The summed E-state index contributed by atoms with van der Waals surface area (Å²) in [5, 5.41) is 2.32. The van der Waals surface area contributed by atoms with Gasteiger partial charge in [-0.15, -0.1) is 4.91 Å². The van der Waals surface area contributed by atoms with E-state index in [1.165, 1.54) is 0 Å². The summed E-state index contributed by atoms with van der Waals surface area (Å²) in [5.74, 6) is -0.537. The molecule has 0 spiro atoms. The first-order valence-electron chi connectivity index (χ1n) is 4.75. The van der Waals surface area contributed by atoms with E-state index in [0.717, 1.165) is 38.9 Å². The molecule has 0 fully saturated rings. The van der Waals surface area contributed by atoms with Crippen LogP contribution in [0.1, 0.15) is 39.0 Å². The molecule has 0 unspecified atom stereocenters. The summed E-state index contributed by atoms with van der Waals surface area (Å²) in [4.78, 5) is 20.1. The molecule has 0 rings (SSSR count). The van der Waals surface area contributed by atoms with Crippen molar-refractivity contribution in [2.75, 3.05) is 13.2 Å². The summed E-state index contributed by atoms with van der Waals surface area (Å²) in [5.41, 5.74) is 0. The maximum Gasteiger partial charge on any atom is 0.286 e. The number of hydrogen-bond acceptors (Lipinski definition) is 3. The number of rotatable bonds is 8. The number of unbranched alkanes of at least 4 members (excludes halogenated alkanes) is 3. The molecule has 0 aromatic heterocycles. The Morgan fingerprint density at radius 3 is 2.54 bits per heavy atom. The van der Waals surface area contributed by atoms with Crippen LogP contribution in [-0.2, 0) is 9.53 Å². The number of amides is 1. The predicted octanol–water partition coefficient (Wildman–Crippen LogP) is 2.27. The second-order valence-corrected chi connectivity index (χ2v) is 2.85. The minimum atomic E-state index is -0.537. The SMILES string of the molecule is CCOCCCCCCC(=O)N=O. The minimum absolute atomic E-state index is 0.290. The second kappa shape index (κ2) is 9.32. The lowest BCUT2D eigenvalue weighted by Gasteiger charge is -1.99. The van der Waals surface area contributed by atoms with Crippen molar-refractivity contribution in [1.82, 2.24) is 0 Å². The zero-order valence-corrected chi connectivity index (χ0v) is 8.12. The second-order valence-electron chi connectivity index (χ2n) is 2.85. The van der Waals surface area contributed by atoms with E-state index in [1.807, 2.05) is 6.92 Å². The summed E-state index contributed by atoms with van der Waals surface area (Å²) in [7, 11) is 0. The van der Waals surface area contributed by atoms with Crippen LogP contribution in [0.2, 0.25) is 0 Å². The van der Waals surface area contributed by atoms with Gasteiger partial charge < -0.3 is 4.74 Å². The van der Waals surface area contributed by atoms with Gasteiger partial charge in [0.05, 0.1) is 0 Å². The van der Waals surface area contributed by atoms with E-state index in [0.29, 0.717) is 0 Å². The minimum Gasteiger partial charge on any atom is -0.382 e. The smallest absolute Gasteiger partial charge is 0.286 e. The molecule has 0 saturated heterocycles. The first-order valence-corrected chi connectivity index (χ1v) is 4.75. The van der Waals surface area contributed by atoms with Crippen molar-refractivity contribution in [3.05, 3.63) is 4.91 Å². The van der Waals surface area contributed by atoms with Crippen LogP contribution in [0, 0.1) is 4.91 Å². The van der Waals surface area contributed by atoms with Crippen molar-refractivity contribution in [3.63, 3.8) is 0 Å². The van der Waals surface area contributed by atoms with Crippen molar-refractivity contribution in [2.45, 2.75) is 39.0 Å². The Balaban J connectivity index is 2.99. The van der Waals surface area contributed by atoms with E-state index in [1.54, 1.807) is 0 Å². The zero-order chi connectivity index (χ0) is 9.94. The van der Waals surface area contributed by atoms with Crippen molar-refractivity contribution >= 4 is 5.91 Å². The molecular formula is C9H17NO3. The summed E-state index contributed by atoms with van der Waals surface area (Å²) in [6.45, 7) is 3.51. The topological polar surface area (TPSA) is 55.7 Å². The Bertz CT molecular complexity index is 148. The summed E-state index contributed by atoms with van der Waals surface area (Å²) < 4.78 is 5.15. The Morgan fingerprint density at radius 2 is 1.92 bits per heavy atom. The maximum atomic E-state index is 10.4. The first kappa shape index (κ1) is 12.2. The van der Waals surface area contributed by atoms with E-state index >= 15 is 0 Å². The van der Waals surface area contributed by atoms with E-state index < -0.39 is 5.91 Å². The molecule has 0 aliphatic carbocycles. The quantitative estimate of drug-likeness (QED) is 0.432. The fourth-order valence-electron chi connectivity index (χ4n) is 1.02. The molecule has 0 aliphatic heterocycles. The molecular weight excluding hydrogens is 170 g/mol. The molecule has 0 N–H and O–H groups in total. The van der Waals surface area contributed by atoms with E-state index in [-0.39, 0.29) is 6.42 Å². The van der Waals surface area contributed by atoms with Crippen molar-refractivity contribution in [2.24, 2.45) is 5.18 Å². The molecule has 0 saturated carbocycles. The first-order chi connectivity index (χ1) is 6.31. The summed E-state index contributed by atoms with van der Waals surface area (Å²) >= 11 is 0. The van der Waals surface area contributed by atoms with Gasteiger partial charge in [0, 0.05) is 24.8 Å². The van der Waals surface area contributed by atoms with Gasteiger partial charge in [0.15, 0.2) is 0 Å². The van der Waals surface area contributed by atoms with Crippen LogP contribution >= 0.6 is 0 Å². The number of carbonyl (C=O) groups is 1. The lowest BCUT2D eigenvalue weighted by Crippen LogP contribution is -1.94. The fourth-order valence-corrected chi connectivity index (χ4v) is 1.02. The van der Waals surface area contributed by atoms with Crippen LogP contribution in [0.4, 0.5) is 0 Å². The highest BCUT2D eigenvalue weighted by molar-refractivity contribution is 5.76. The molecule has 76 valence electrons.